The van der Waals surface area contributed by atoms with Gasteiger partial charge in [-0.1, -0.05) is 0 Å². The average Bonchev–Trinajstić information content (AvgIpc) is 2.84. The number of hydrogen-bond donors (Lipinski definition) is 1. The molecule has 2 rings (SSSR count). The number of carbonyl (C=O) groups excluding carboxylic acids is 2. The monoisotopic (exact) mass is 378 g/mol. The molecule has 2 heterocycles. The van der Waals surface area contributed by atoms with Gasteiger partial charge < -0.3 is 19.5 Å². The second kappa shape index (κ2) is 9.90. The van der Waals surface area contributed by atoms with Gasteiger partial charge in [-0.2, -0.15) is 0 Å². The number of amides is 1. The highest BCUT2D eigenvalue weighted by Crippen LogP contribution is 2.23. The van der Waals surface area contributed by atoms with Crippen molar-refractivity contribution in [2.45, 2.75) is 33.6 Å². The number of aromatic nitrogens is 1. The van der Waals surface area contributed by atoms with Gasteiger partial charge in [0.1, 0.15) is 0 Å². The molecule has 1 aliphatic rings. The van der Waals surface area contributed by atoms with Crippen molar-refractivity contribution in [2.75, 3.05) is 52.9 Å². The summed E-state index contributed by atoms with van der Waals surface area (Å²) in [6.07, 6.45) is 1.03. The maximum absolute atomic E-state index is 12.2. The molecule has 152 valence electrons. The molecule has 0 unspecified atom stereocenters. The fourth-order valence-corrected chi connectivity index (χ4v) is 3.64. The summed E-state index contributed by atoms with van der Waals surface area (Å²) in [4.78, 5) is 29.1. The third kappa shape index (κ3) is 5.56. The fourth-order valence-electron chi connectivity index (χ4n) is 3.64. The fraction of sp³-hybridized carbons (Fsp3) is 0.700. The van der Waals surface area contributed by atoms with Gasteiger partial charge in [0, 0.05) is 64.1 Å². The number of ether oxygens (including phenoxy) is 1. The molecule has 1 aromatic heterocycles. The highest BCUT2D eigenvalue weighted by atomic mass is 16.5. The first-order chi connectivity index (χ1) is 12.8. The number of nitrogens with one attached hydrogen (secondary N) is 1. The van der Waals surface area contributed by atoms with Gasteiger partial charge in [0.25, 0.3) is 0 Å². The molecular weight excluding hydrogens is 344 g/mol. The van der Waals surface area contributed by atoms with Crippen molar-refractivity contribution in [3.63, 3.8) is 0 Å². The van der Waals surface area contributed by atoms with E-state index in [1.807, 2.05) is 25.5 Å². The highest BCUT2D eigenvalue weighted by molar-refractivity contribution is 5.93. The maximum Gasteiger partial charge on any atom is 0.340 e. The lowest BCUT2D eigenvalue weighted by atomic mass is 10.1. The largest absolute Gasteiger partial charge is 0.462 e. The second-order valence-electron chi connectivity index (χ2n) is 7.31. The predicted octanol–water partition coefficient (Wildman–Crippen LogP) is 1.11. The summed E-state index contributed by atoms with van der Waals surface area (Å²) in [5.74, 6) is -0.231. The Labute approximate surface area is 162 Å². The third-order valence-corrected chi connectivity index (χ3v) is 5.49. The van der Waals surface area contributed by atoms with Gasteiger partial charge in [-0.05, 0) is 39.8 Å². The van der Waals surface area contributed by atoms with E-state index in [1.54, 1.807) is 6.92 Å². The van der Waals surface area contributed by atoms with Crippen molar-refractivity contribution < 1.29 is 14.3 Å². The number of likely N-dealkylation sites (N-methyl/N-ethyl adjacent to an activating group) is 1. The Hall–Kier alpha value is -1.86. The summed E-state index contributed by atoms with van der Waals surface area (Å²) in [6, 6.07) is 0. The zero-order valence-electron chi connectivity index (χ0n) is 17.4. The Morgan fingerprint density at radius 2 is 1.78 bits per heavy atom. The number of piperazine rings is 1. The van der Waals surface area contributed by atoms with E-state index in [-0.39, 0.29) is 11.9 Å². The van der Waals surface area contributed by atoms with Crippen molar-refractivity contribution in [3.05, 3.63) is 22.5 Å². The lowest BCUT2D eigenvalue weighted by molar-refractivity contribution is -0.121. The normalized spacial score (nSPS) is 15.7. The zero-order valence-corrected chi connectivity index (χ0v) is 17.4. The molecule has 0 radical (unpaired) electrons. The number of hydrogen-bond acceptors (Lipinski definition) is 5. The molecule has 0 bridgehead atoms. The van der Waals surface area contributed by atoms with E-state index in [0.29, 0.717) is 31.6 Å². The minimum atomic E-state index is -0.286. The van der Waals surface area contributed by atoms with E-state index in [2.05, 4.69) is 22.2 Å². The predicted molar refractivity (Wildman–Crippen MR) is 106 cm³/mol. The van der Waals surface area contributed by atoms with Crippen LogP contribution in [0.25, 0.3) is 0 Å². The van der Waals surface area contributed by atoms with Crippen molar-refractivity contribution in [2.24, 2.45) is 7.05 Å². The van der Waals surface area contributed by atoms with Gasteiger partial charge in [-0.3, -0.25) is 9.69 Å². The molecule has 1 aliphatic heterocycles. The summed E-state index contributed by atoms with van der Waals surface area (Å²) < 4.78 is 7.16. The van der Waals surface area contributed by atoms with E-state index >= 15 is 0 Å². The van der Waals surface area contributed by atoms with Crippen LogP contribution in [0.2, 0.25) is 0 Å². The molecular formula is C20H34N4O3. The minimum Gasteiger partial charge on any atom is -0.462 e. The van der Waals surface area contributed by atoms with Gasteiger partial charge in [0.2, 0.25) is 5.91 Å². The molecule has 1 amide bonds. The first-order valence-corrected chi connectivity index (χ1v) is 9.84. The van der Waals surface area contributed by atoms with Crippen LogP contribution in [0.5, 0.6) is 0 Å². The van der Waals surface area contributed by atoms with Crippen LogP contribution in [0.1, 0.15) is 40.7 Å². The molecule has 0 atom stereocenters. The highest BCUT2D eigenvalue weighted by Gasteiger charge is 2.22. The van der Waals surface area contributed by atoms with Crippen LogP contribution in [0.4, 0.5) is 0 Å². The summed E-state index contributed by atoms with van der Waals surface area (Å²) in [5, 5.41) is 3.02. The Morgan fingerprint density at radius 3 is 2.41 bits per heavy atom. The van der Waals surface area contributed by atoms with Gasteiger partial charge >= 0.3 is 5.97 Å². The van der Waals surface area contributed by atoms with E-state index in [9.17, 15) is 9.59 Å². The SMILES string of the molecule is CCOC(=O)c1c(C)c(CCC(=O)NCCN2CCN(C)CC2)n(C)c1C. The topological polar surface area (TPSA) is 66.8 Å². The van der Waals surface area contributed by atoms with Crippen molar-refractivity contribution >= 4 is 11.9 Å². The van der Waals surface area contributed by atoms with Crippen LogP contribution in [0, 0.1) is 13.8 Å². The van der Waals surface area contributed by atoms with E-state index < -0.39 is 0 Å². The lowest BCUT2D eigenvalue weighted by Gasteiger charge is -2.32. The van der Waals surface area contributed by atoms with Gasteiger partial charge in [-0.25, -0.2) is 4.79 Å². The van der Waals surface area contributed by atoms with Crippen molar-refractivity contribution in [1.82, 2.24) is 19.7 Å². The van der Waals surface area contributed by atoms with Crippen molar-refractivity contribution in [1.29, 1.82) is 0 Å². The standard InChI is InChI=1S/C20H34N4O3/c1-6-27-20(26)19-15(2)17(23(5)16(19)3)7-8-18(25)21-9-10-24-13-11-22(4)12-14-24/h6-14H2,1-5H3,(H,21,25). The molecule has 7 nitrogen and oxygen atoms in total. The van der Waals surface area contributed by atoms with Crippen LogP contribution < -0.4 is 5.32 Å². The molecule has 0 aliphatic carbocycles. The summed E-state index contributed by atoms with van der Waals surface area (Å²) in [6.45, 7) is 11.9. The first kappa shape index (κ1) is 21.4. The van der Waals surface area contributed by atoms with E-state index in [4.69, 9.17) is 4.74 Å². The molecule has 0 aromatic carbocycles. The quantitative estimate of drug-likeness (QED) is 0.687. The van der Waals surface area contributed by atoms with Crippen LogP contribution >= 0.6 is 0 Å². The molecule has 0 saturated carbocycles. The molecule has 0 spiro atoms. The summed E-state index contributed by atoms with van der Waals surface area (Å²) in [5.41, 5.74) is 3.45. The second-order valence-corrected chi connectivity index (χ2v) is 7.31. The summed E-state index contributed by atoms with van der Waals surface area (Å²) in [7, 11) is 4.07. The number of carbonyl (C=O) groups is 2. The number of rotatable bonds is 8. The van der Waals surface area contributed by atoms with Crippen LogP contribution in [0.3, 0.4) is 0 Å². The smallest absolute Gasteiger partial charge is 0.340 e. The van der Waals surface area contributed by atoms with E-state index in [1.165, 1.54) is 0 Å². The molecule has 1 fully saturated rings. The zero-order chi connectivity index (χ0) is 20.0. The Kier molecular flexibility index (Phi) is 7.86. The Morgan fingerprint density at radius 1 is 1.11 bits per heavy atom. The van der Waals surface area contributed by atoms with Crippen LogP contribution in [-0.4, -0.2) is 79.2 Å². The molecule has 1 saturated heterocycles. The number of esters is 1. The van der Waals surface area contributed by atoms with Gasteiger partial charge in [0.05, 0.1) is 12.2 Å². The molecule has 7 heteroatoms. The summed E-state index contributed by atoms with van der Waals surface area (Å²) >= 11 is 0. The molecule has 1 aromatic rings. The number of nitrogens with zero attached hydrogens (tertiary/aromatic N) is 3. The Bertz CT molecular complexity index is 661. The molecule has 27 heavy (non-hydrogen) atoms. The van der Waals surface area contributed by atoms with Gasteiger partial charge in [-0.15, -0.1) is 0 Å². The molecule has 1 N–H and O–H groups in total. The van der Waals surface area contributed by atoms with Gasteiger partial charge in [0.15, 0.2) is 0 Å². The average molecular weight is 379 g/mol. The Balaban J connectivity index is 1.82. The first-order valence-electron chi connectivity index (χ1n) is 9.84. The van der Waals surface area contributed by atoms with Crippen molar-refractivity contribution in [3.8, 4) is 0 Å². The lowest BCUT2D eigenvalue weighted by Crippen LogP contribution is -2.46. The maximum atomic E-state index is 12.2. The van der Waals surface area contributed by atoms with Crippen LogP contribution in [0.15, 0.2) is 0 Å². The minimum absolute atomic E-state index is 0.0556. The van der Waals surface area contributed by atoms with E-state index in [0.717, 1.165) is 49.7 Å². The van der Waals surface area contributed by atoms with Crippen LogP contribution in [-0.2, 0) is 23.0 Å². The third-order valence-electron chi connectivity index (χ3n) is 5.49.